The second kappa shape index (κ2) is 9.66. The van der Waals surface area contributed by atoms with Gasteiger partial charge < -0.3 is 20.1 Å². The van der Waals surface area contributed by atoms with Crippen molar-refractivity contribution < 1.29 is 23.9 Å². The Morgan fingerprint density at radius 2 is 1.76 bits per heavy atom. The highest BCUT2D eigenvalue weighted by Crippen LogP contribution is 2.29. The molecule has 2 N–H and O–H groups in total. The zero-order valence-corrected chi connectivity index (χ0v) is 18.3. The molecule has 0 bridgehead atoms. The average Bonchev–Trinajstić information content (AvgIpc) is 2.82. The lowest BCUT2D eigenvalue weighted by Gasteiger charge is -2.29. The molecular formula is C23H19ClN4O5. The number of fused-ring (bicyclic) bond motifs is 1. The van der Waals surface area contributed by atoms with E-state index >= 15 is 0 Å². The highest BCUT2D eigenvalue weighted by atomic mass is 35.5. The Morgan fingerprint density at radius 3 is 2.48 bits per heavy atom. The number of rotatable bonds is 6. The van der Waals surface area contributed by atoms with Crippen LogP contribution in [-0.4, -0.2) is 41.2 Å². The molecule has 168 valence electrons. The molecule has 4 rings (SSSR count). The number of benzene rings is 2. The Hall–Kier alpha value is -3.98. The smallest absolute Gasteiger partial charge is 0.358 e. The molecule has 9 nitrogen and oxygen atoms in total. The Morgan fingerprint density at radius 1 is 1.03 bits per heavy atom. The highest BCUT2D eigenvalue weighted by Gasteiger charge is 2.34. The van der Waals surface area contributed by atoms with Gasteiger partial charge in [-0.05, 0) is 36.8 Å². The monoisotopic (exact) mass is 466 g/mol. The molecule has 0 unspecified atom stereocenters. The predicted molar refractivity (Wildman–Crippen MR) is 119 cm³/mol. The Kier molecular flexibility index (Phi) is 6.50. The van der Waals surface area contributed by atoms with Crippen LogP contribution in [0.5, 0.6) is 0 Å². The van der Waals surface area contributed by atoms with Crippen molar-refractivity contribution in [3.63, 3.8) is 0 Å². The molecule has 1 aliphatic heterocycles. The number of carbonyl (C=O) groups is 3. The summed E-state index contributed by atoms with van der Waals surface area (Å²) in [5.74, 6) is -1.40. The second-order valence-electron chi connectivity index (χ2n) is 7.02. The first kappa shape index (κ1) is 22.2. The molecule has 0 aliphatic carbocycles. The number of urea groups is 1. The Balaban J connectivity index is 1.63. The number of para-hydroxylation sites is 2. The minimum atomic E-state index is -0.816. The van der Waals surface area contributed by atoms with Crippen molar-refractivity contribution in [1.82, 2.24) is 20.6 Å². The van der Waals surface area contributed by atoms with Gasteiger partial charge in [0.05, 0.1) is 41.1 Å². The third-order valence-corrected chi connectivity index (χ3v) is 5.11. The number of hydrogen-bond acceptors (Lipinski definition) is 7. The minimum Gasteiger partial charge on any atom is -0.463 e. The quantitative estimate of drug-likeness (QED) is 0.535. The van der Waals surface area contributed by atoms with E-state index < -0.39 is 24.0 Å². The summed E-state index contributed by atoms with van der Waals surface area (Å²) in [6.07, 6.45) is 1.31. The van der Waals surface area contributed by atoms with Crippen LogP contribution in [0.1, 0.15) is 29.0 Å². The van der Waals surface area contributed by atoms with Gasteiger partial charge in [0.15, 0.2) is 5.69 Å². The SMILES string of the molecule is CCOC(=O)C1=C(COC(=O)c2cnc3ccccc3n2)NC(=O)N[C@@H]1c1ccc(Cl)cc1. The van der Waals surface area contributed by atoms with Gasteiger partial charge in [-0.2, -0.15) is 0 Å². The van der Waals surface area contributed by atoms with E-state index in [0.717, 1.165) is 0 Å². The van der Waals surface area contributed by atoms with Crippen molar-refractivity contribution >= 4 is 40.6 Å². The van der Waals surface area contributed by atoms with E-state index in [4.69, 9.17) is 21.1 Å². The molecule has 1 atom stereocenters. The molecule has 0 saturated carbocycles. The molecule has 3 aromatic rings. The second-order valence-corrected chi connectivity index (χ2v) is 7.45. The zero-order chi connectivity index (χ0) is 23.4. The first-order chi connectivity index (χ1) is 16.0. The van der Waals surface area contributed by atoms with E-state index in [0.29, 0.717) is 21.6 Å². The summed E-state index contributed by atoms with van der Waals surface area (Å²) in [5, 5.41) is 5.74. The zero-order valence-electron chi connectivity index (χ0n) is 17.5. The van der Waals surface area contributed by atoms with Gasteiger partial charge >= 0.3 is 18.0 Å². The number of hydrogen-bond donors (Lipinski definition) is 2. The molecule has 0 spiro atoms. The van der Waals surface area contributed by atoms with Gasteiger partial charge in [0.1, 0.15) is 6.61 Å². The molecule has 2 aromatic carbocycles. The number of halogens is 1. The van der Waals surface area contributed by atoms with E-state index in [1.54, 1.807) is 49.4 Å². The molecular weight excluding hydrogens is 448 g/mol. The van der Waals surface area contributed by atoms with Gasteiger partial charge in [-0.15, -0.1) is 0 Å². The van der Waals surface area contributed by atoms with Gasteiger partial charge in [0.2, 0.25) is 0 Å². The molecule has 33 heavy (non-hydrogen) atoms. The molecule has 2 heterocycles. The lowest BCUT2D eigenvalue weighted by Crippen LogP contribution is -2.47. The van der Waals surface area contributed by atoms with Crippen molar-refractivity contribution in [1.29, 1.82) is 0 Å². The van der Waals surface area contributed by atoms with E-state index in [2.05, 4.69) is 20.6 Å². The van der Waals surface area contributed by atoms with Crippen molar-refractivity contribution in [2.75, 3.05) is 13.2 Å². The van der Waals surface area contributed by atoms with Crippen LogP contribution in [-0.2, 0) is 14.3 Å². The van der Waals surface area contributed by atoms with Gasteiger partial charge in [0, 0.05) is 5.02 Å². The summed E-state index contributed by atoms with van der Waals surface area (Å²) in [7, 11) is 0. The molecule has 1 aliphatic rings. The molecule has 10 heteroatoms. The van der Waals surface area contributed by atoms with Crippen LogP contribution in [0.3, 0.4) is 0 Å². The fourth-order valence-corrected chi connectivity index (χ4v) is 3.48. The largest absolute Gasteiger partial charge is 0.463 e. The standard InChI is InChI=1S/C23H19ClN4O5/c1-2-32-22(30)19-18(27-23(31)28-20(19)13-7-9-14(24)10-8-13)12-33-21(29)17-11-25-15-5-3-4-6-16(15)26-17/h3-11,20H,2,12H2,1H3,(H2,27,28,31)/t20-/m1/s1. The number of ether oxygens (including phenoxy) is 2. The fraction of sp³-hybridized carbons (Fsp3) is 0.174. The molecule has 0 fully saturated rings. The van der Waals surface area contributed by atoms with E-state index in [1.165, 1.54) is 6.20 Å². The third kappa shape index (κ3) is 4.93. The minimum absolute atomic E-state index is 0.00139. The number of nitrogens with zero attached hydrogens (tertiary/aromatic N) is 2. The van der Waals surface area contributed by atoms with Crippen LogP contribution in [0.4, 0.5) is 4.79 Å². The maximum Gasteiger partial charge on any atom is 0.358 e. The van der Waals surface area contributed by atoms with E-state index in [-0.39, 0.29) is 30.2 Å². The maximum absolute atomic E-state index is 12.8. The average molecular weight is 467 g/mol. The summed E-state index contributed by atoms with van der Waals surface area (Å²) in [4.78, 5) is 46.1. The van der Waals surface area contributed by atoms with Crippen LogP contribution >= 0.6 is 11.6 Å². The van der Waals surface area contributed by atoms with Crippen molar-refractivity contribution in [2.24, 2.45) is 0 Å². The first-order valence-electron chi connectivity index (χ1n) is 10.1. The number of carbonyl (C=O) groups excluding carboxylic acids is 3. The lowest BCUT2D eigenvalue weighted by molar-refractivity contribution is -0.139. The van der Waals surface area contributed by atoms with Crippen molar-refractivity contribution in [2.45, 2.75) is 13.0 Å². The van der Waals surface area contributed by atoms with Crippen LogP contribution in [0.25, 0.3) is 11.0 Å². The van der Waals surface area contributed by atoms with Gasteiger partial charge in [0.25, 0.3) is 0 Å². The highest BCUT2D eigenvalue weighted by molar-refractivity contribution is 6.30. The molecule has 0 radical (unpaired) electrons. The van der Waals surface area contributed by atoms with Crippen LogP contribution in [0.15, 0.2) is 66.0 Å². The predicted octanol–water partition coefficient (Wildman–Crippen LogP) is 3.31. The summed E-state index contributed by atoms with van der Waals surface area (Å²) < 4.78 is 10.5. The van der Waals surface area contributed by atoms with Crippen LogP contribution in [0, 0.1) is 0 Å². The maximum atomic E-state index is 12.8. The number of esters is 2. The van der Waals surface area contributed by atoms with E-state index in [9.17, 15) is 14.4 Å². The lowest BCUT2D eigenvalue weighted by atomic mass is 9.95. The summed E-state index contributed by atoms with van der Waals surface area (Å²) in [6.45, 7) is 1.42. The first-order valence-corrected chi connectivity index (χ1v) is 10.5. The summed E-state index contributed by atoms with van der Waals surface area (Å²) >= 11 is 5.96. The Labute approximate surface area is 193 Å². The summed E-state index contributed by atoms with van der Waals surface area (Å²) in [6, 6.07) is 12.4. The van der Waals surface area contributed by atoms with Crippen LogP contribution in [0.2, 0.25) is 5.02 Å². The topological polar surface area (TPSA) is 120 Å². The number of amides is 2. The Bertz CT molecular complexity index is 1260. The van der Waals surface area contributed by atoms with E-state index in [1.807, 2.05) is 6.07 Å². The molecule has 2 amide bonds. The van der Waals surface area contributed by atoms with Crippen LogP contribution < -0.4 is 10.6 Å². The third-order valence-electron chi connectivity index (χ3n) is 4.86. The van der Waals surface area contributed by atoms with Crippen molar-refractivity contribution in [3.8, 4) is 0 Å². The summed E-state index contributed by atoms with van der Waals surface area (Å²) in [5.41, 5.74) is 2.02. The fourth-order valence-electron chi connectivity index (χ4n) is 3.35. The van der Waals surface area contributed by atoms with Gasteiger partial charge in [-0.1, -0.05) is 35.9 Å². The molecule has 1 aromatic heterocycles. The number of nitrogens with one attached hydrogen (secondary N) is 2. The molecule has 0 saturated heterocycles. The normalized spacial score (nSPS) is 15.6. The van der Waals surface area contributed by atoms with Gasteiger partial charge in [-0.3, -0.25) is 4.98 Å². The number of aromatic nitrogens is 2. The van der Waals surface area contributed by atoms with Crippen molar-refractivity contribution in [3.05, 3.63) is 82.3 Å². The van der Waals surface area contributed by atoms with Gasteiger partial charge in [-0.25, -0.2) is 19.4 Å².